The van der Waals surface area contributed by atoms with Crippen molar-refractivity contribution < 1.29 is 38.1 Å². The summed E-state index contributed by atoms with van der Waals surface area (Å²) in [6.45, 7) is 4.28. The molecule has 4 rings (SSSR count). The van der Waals surface area contributed by atoms with Gasteiger partial charge in [-0.1, -0.05) is 25.1 Å². The highest BCUT2D eigenvalue weighted by Crippen LogP contribution is 2.38. The van der Waals surface area contributed by atoms with E-state index in [4.69, 9.17) is 18.9 Å². The highest BCUT2D eigenvalue weighted by molar-refractivity contribution is 9.10. The number of urea groups is 1. The fraction of sp³-hybridized carbons (Fsp3) is 0.226. The maximum atomic E-state index is 13.5. The molecule has 1 saturated heterocycles. The molecule has 12 heteroatoms. The van der Waals surface area contributed by atoms with E-state index < -0.39 is 17.8 Å². The van der Waals surface area contributed by atoms with Crippen molar-refractivity contribution in [3.63, 3.8) is 0 Å². The number of barbiturate groups is 1. The quantitative estimate of drug-likeness (QED) is 0.198. The Morgan fingerprint density at radius 1 is 0.953 bits per heavy atom. The van der Waals surface area contributed by atoms with Crippen LogP contribution in [0.5, 0.6) is 23.0 Å². The van der Waals surface area contributed by atoms with Crippen LogP contribution in [0.1, 0.15) is 25.8 Å². The monoisotopic (exact) mass is 651 g/mol. The first-order chi connectivity index (χ1) is 20.7. The number of ether oxygens (including phenoxy) is 4. The van der Waals surface area contributed by atoms with E-state index in [1.165, 1.54) is 31.4 Å². The Labute approximate surface area is 256 Å². The molecule has 1 fully saturated rings. The summed E-state index contributed by atoms with van der Waals surface area (Å²) in [7, 11) is 1.41. The van der Waals surface area contributed by atoms with Crippen molar-refractivity contribution in [3.05, 3.63) is 76.3 Å². The van der Waals surface area contributed by atoms with Gasteiger partial charge in [0.1, 0.15) is 5.57 Å². The van der Waals surface area contributed by atoms with Crippen LogP contribution in [-0.2, 0) is 14.4 Å². The number of rotatable bonds is 12. The molecular formula is C31H30BrN3O8. The van der Waals surface area contributed by atoms with Gasteiger partial charge in [-0.25, -0.2) is 9.69 Å². The molecule has 0 atom stereocenters. The molecule has 1 heterocycles. The van der Waals surface area contributed by atoms with Gasteiger partial charge in [0.25, 0.3) is 17.7 Å². The Morgan fingerprint density at radius 2 is 1.72 bits per heavy atom. The van der Waals surface area contributed by atoms with Crippen molar-refractivity contribution in [2.75, 3.05) is 37.1 Å². The molecule has 0 spiro atoms. The van der Waals surface area contributed by atoms with Crippen LogP contribution in [-0.4, -0.2) is 50.7 Å². The minimum absolute atomic E-state index is 0.199. The molecule has 0 aliphatic carbocycles. The third-order valence-corrected chi connectivity index (χ3v) is 6.61. The summed E-state index contributed by atoms with van der Waals surface area (Å²) < 4.78 is 22.9. The number of benzene rings is 3. The first kappa shape index (κ1) is 31.1. The minimum atomic E-state index is -0.895. The highest BCUT2D eigenvalue weighted by atomic mass is 79.9. The Bertz CT molecular complexity index is 1560. The van der Waals surface area contributed by atoms with E-state index in [-0.39, 0.29) is 35.3 Å². The summed E-state index contributed by atoms with van der Waals surface area (Å²) in [5, 5.41) is 4.94. The van der Waals surface area contributed by atoms with Gasteiger partial charge in [0, 0.05) is 11.8 Å². The first-order valence-corrected chi connectivity index (χ1v) is 14.2. The van der Waals surface area contributed by atoms with Crippen molar-refractivity contribution in [2.24, 2.45) is 0 Å². The van der Waals surface area contributed by atoms with Crippen LogP contribution < -0.4 is 34.5 Å². The number of nitrogens with zero attached hydrogens (tertiary/aromatic N) is 1. The topological polar surface area (TPSA) is 132 Å². The highest BCUT2D eigenvalue weighted by Gasteiger charge is 2.37. The summed E-state index contributed by atoms with van der Waals surface area (Å²) >= 11 is 3.41. The molecule has 0 unspecified atom stereocenters. The fourth-order valence-corrected chi connectivity index (χ4v) is 4.69. The zero-order valence-corrected chi connectivity index (χ0v) is 25.4. The minimum Gasteiger partial charge on any atom is -0.493 e. The summed E-state index contributed by atoms with van der Waals surface area (Å²) in [5.74, 6) is -0.733. The molecule has 0 radical (unpaired) electrons. The van der Waals surface area contributed by atoms with Gasteiger partial charge in [-0.15, -0.1) is 0 Å². The van der Waals surface area contributed by atoms with E-state index in [1.807, 2.05) is 13.0 Å². The number of halogens is 1. The molecular weight excluding hydrogens is 622 g/mol. The molecule has 1 aliphatic rings. The third kappa shape index (κ3) is 7.52. The number of para-hydroxylation sites is 1. The number of anilines is 2. The summed E-state index contributed by atoms with van der Waals surface area (Å²) in [4.78, 5) is 52.3. The van der Waals surface area contributed by atoms with Gasteiger partial charge in [0.15, 0.2) is 29.6 Å². The normalized spacial score (nSPS) is 13.9. The van der Waals surface area contributed by atoms with Crippen LogP contribution in [0, 0.1) is 0 Å². The van der Waals surface area contributed by atoms with Gasteiger partial charge in [0.2, 0.25) is 0 Å². The number of amides is 5. The lowest BCUT2D eigenvalue weighted by molar-refractivity contribution is -0.122. The average Bonchev–Trinajstić information content (AvgIpc) is 2.98. The van der Waals surface area contributed by atoms with Crippen LogP contribution in [0.3, 0.4) is 0 Å². The molecule has 2 N–H and O–H groups in total. The second kappa shape index (κ2) is 14.4. The molecule has 224 valence electrons. The molecule has 0 saturated carbocycles. The van der Waals surface area contributed by atoms with E-state index in [9.17, 15) is 19.2 Å². The van der Waals surface area contributed by atoms with Gasteiger partial charge in [0.05, 0.1) is 30.5 Å². The molecule has 1 aliphatic heterocycles. The number of carbonyl (C=O) groups excluding carboxylic acids is 4. The van der Waals surface area contributed by atoms with E-state index in [2.05, 4.69) is 26.6 Å². The zero-order valence-electron chi connectivity index (χ0n) is 23.8. The van der Waals surface area contributed by atoms with Crippen LogP contribution in [0.2, 0.25) is 0 Å². The van der Waals surface area contributed by atoms with Gasteiger partial charge in [-0.3, -0.25) is 19.7 Å². The largest absolute Gasteiger partial charge is 0.493 e. The zero-order chi connectivity index (χ0) is 30.9. The molecule has 3 aromatic carbocycles. The number of methoxy groups -OCH3 is 1. The number of imide groups is 2. The van der Waals surface area contributed by atoms with Gasteiger partial charge < -0.3 is 24.3 Å². The summed E-state index contributed by atoms with van der Waals surface area (Å²) in [6.07, 6.45) is 2.12. The predicted octanol–water partition coefficient (Wildman–Crippen LogP) is 5.33. The summed E-state index contributed by atoms with van der Waals surface area (Å²) in [6, 6.07) is 15.8. The Balaban J connectivity index is 1.58. The maximum absolute atomic E-state index is 13.5. The Kier molecular flexibility index (Phi) is 10.4. The average molecular weight is 652 g/mol. The number of hydrogen-bond donors (Lipinski definition) is 2. The molecule has 5 amide bonds. The second-order valence-corrected chi connectivity index (χ2v) is 9.96. The van der Waals surface area contributed by atoms with Crippen molar-refractivity contribution in [2.45, 2.75) is 20.3 Å². The van der Waals surface area contributed by atoms with Crippen LogP contribution in [0.25, 0.3) is 6.08 Å². The van der Waals surface area contributed by atoms with E-state index >= 15 is 0 Å². The van der Waals surface area contributed by atoms with Gasteiger partial charge in [-0.2, -0.15) is 0 Å². The molecule has 0 bridgehead atoms. The third-order valence-electron chi connectivity index (χ3n) is 6.02. The number of hydrogen-bond acceptors (Lipinski definition) is 8. The van der Waals surface area contributed by atoms with E-state index in [0.29, 0.717) is 40.4 Å². The van der Waals surface area contributed by atoms with Crippen molar-refractivity contribution in [1.82, 2.24) is 5.32 Å². The first-order valence-electron chi connectivity index (χ1n) is 13.4. The molecule has 0 aromatic heterocycles. The predicted molar refractivity (Wildman–Crippen MR) is 164 cm³/mol. The maximum Gasteiger partial charge on any atom is 0.335 e. The lowest BCUT2D eigenvalue weighted by Crippen LogP contribution is -2.54. The van der Waals surface area contributed by atoms with Crippen LogP contribution in [0.15, 0.2) is 70.7 Å². The van der Waals surface area contributed by atoms with Gasteiger partial charge in [-0.05, 0) is 77.3 Å². The molecule has 3 aromatic rings. The van der Waals surface area contributed by atoms with Crippen molar-refractivity contribution in [1.29, 1.82) is 0 Å². The van der Waals surface area contributed by atoms with Gasteiger partial charge >= 0.3 is 6.03 Å². The Hall–Kier alpha value is -4.84. The number of nitrogens with one attached hydrogen (secondary N) is 2. The number of carbonyl (C=O) groups is 4. The lowest BCUT2D eigenvalue weighted by Gasteiger charge is -2.27. The SMILES string of the molecule is CCCOc1ccc(N2C(=O)NC(=O)/C(=C\c3cc(Br)c(OCC(=O)Nc4ccccc4)c(OC)c3)C2=O)cc1OCC. The van der Waals surface area contributed by atoms with Crippen molar-refractivity contribution in [3.8, 4) is 23.0 Å². The lowest BCUT2D eigenvalue weighted by atomic mass is 10.1. The van der Waals surface area contributed by atoms with Crippen LogP contribution in [0.4, 0.5) is 16.2 Å². The van der Waals surface area contributed by atoms with Crippen molar-refractivity contribution >= 4 is 57.1 Å². The van der Waals surface area contributed by atoms with E-state index in [1.54, 1.807) is 43.3 Å². The standard InChI is InChI=1S/C31H30BrN3O8/c1-4-13-42-24-12-11-21(17-25(24)41-5-2)35-30(38)22(29(37)34-31(35)39)14-19-15-23(32)28(26(16-19)40-3)43-18-27(36)33-20-9-7-6-8-10-20/h6-12,14-17H,4-5,13,18H2,1-3H3,(H,33,36)(H,34,37,39)/b22-14+. The Morgan fingerprint density at radius 3 is 2.42 bits per heavy atom. The van der Waals surface area contributed by atoms with Crippen LogP contribution >= 0.6 is 15.9 Å². The molecule has 11 nitrogen and oxygen atoms in total. The smallest absolute Gasteiger partial charge is 0.335 e. The second-order valence-electron chi connectivity index (χ2n) is 9.11. The molecule has 43 heavy (non-hydrogen) atoms. The summed E-state index contributed by atoms with van der Waals surface area (Å²) in [5.41, 5.74) is 0.941. The van der Waals surface area contributed by atoms with E-state index in [0.717, 1.165) is 11.3 Å². The fourth-order valence-electron chi connectivity index (χ4n) is 4.11.